The molecule has 3 rings (SSSR count). The van der Waals surface area contributed by atoms with Gasteiger partial charge in [-0.25, -0.2) is 0 Å². The maximum Gasteiger partial charge on any atom is 0.105 e. The number of thioether (sulfide) groups is 1. The van der Waals surface area contributed by atoms with E-state index in [2.05, 4.69) is 29.6 Å². The van der Waals surface area contributed by atoms with Crippen LogP contribution in [0.2, 0.25) is 0 Å². The Balaban J connectivity index is 1.57. The highest BCUT2D eigenvalue weighted by molar-refractivity contribution is 7.99. The highest BCUT2D eigenvalue weighted by Gasteiger charge is 2.24. The van der Waals surface area contributed by atoms with Gasteiger partial charge in [0.25, 0.3) is 0 Å². The molecule has 1 saturated carbocycles. The van der Waals surface area contributed by atoms with Gasteiger partial charge in [0.1, 0.15) is 6.04 Å². The molecule has 0 aliphatic heterocycles. The molecule has 1 aromatic rings. The molecule has 0 radical (unpaired) electrons. The molecule has 1 unspecified atom stereocenters. The second kappa shape index (κ2) is 5.34. The summed E-state index contributed by atoms with van der Waals surface area (Å²) < 4.78 is 0. The molecule has 1 aromatic carbocycles. The van der Waals surface area contributed by atoms with Crippen LogP contribution in [0.1, 0.15) is 30.4 Å². The summed E-state index contributed by atoms with van der Waals surface area (Å²) in [5.41, 5.74) is 3.04. The molecule has 0 saturated heterocycles. The minimum Gasteiger partial charge on any atom is -0.298 e. The predicted molar refractivity (Wildman–Crippen MR) is 74.7 cm³/mol. The van der Waals surface area contributed by atoms with Gasteiger partial charge in [-0.2, -0.15) is 5.26 Å². The fraction of sp³-hybridized carbons (Fsp3) is 0.533. The van der Waals surface area contributed by atoms with Crippen LogP contribution in [-0.4, -0.2) is 17.8 Å². The molecule has 2 aliphatic rings. The molecular formula is C15H18N2S. The van der Waals surface area contributed by atoms with E-state index < -0.39 is 0 Å². The van der Waals surface area contributed by atoms with Crippen LogP contribution in [0.15, 0.2) is 23.1 Å². The second-order valence-electron chi connectivity index (χ2n) is 5.22. The van der Waals surface area contributed by atoms with Crippen molar-refractivity contribution in [3.8, 4) is 6.07 Å². The molecule has 1 fully saturated rings. The molecule has 1 atom stereocenters. The number of nitrogens with zero attached hydrogens (tertiary/aromatic N) is 1. The number of hydrogen-bond acceptors (Lipinski definition) is 3. The Kier molecular flexibility index (Phi) is 3.58. The third-order valence-electron chi connectivity index (χ3n) is 3.66. The third-order valence-corrected chi connectivity index (χ3v) is 4.74. The van der Waals surface area contributed by atoms with E-state index >= 15 is 0 Å². The van der Waals surface area contributed by atoms with Crippen LogP contribution in [0.25, 0.3) is 0 Å². The first-order valence-corrected chi connectivity index (χ1v) is 7.74. The van der Waals surface area contributed by atoms with Crippen molar-refractivity contribution in [3.05, 3.63) is 29.3 Å². The fourth-order valence-corrected chi connectivity index (χ4v) is 3.39. The SMILES string of the molecule is N#CC(CSc1ccc2c(c1)CCC2)NC1CC1. The van der Waals surface area contributed by atoms with Crippen LogP contribution in [0, 0.1) is 11.3 Å². The maximum atomic E-state index is 9.11. The van der Waals surface area contributed by atoms with Crippen LogP contribution in [0.4, 0.5) is 0 Å². The Morgan fingerprint density at radius 3 is 2.94 bits per heavy atom. The third kappa shape index (κ3) is 2.88. The summed E-state index contributed by atoms with van der Waals surface area (Å²) in [4.78, 5) is 1.31. The predicted octanol–water partition coefficient (Wildman–Crippen LogP) is 2.91. The highest BCUT2D eigenvalue weighted by Crippen LogP contribution is 2.28. The molecule has 0 aromatic heterocycles. The van der Waals surface area contributed by atoms with Crippen molar-refractivity contribution in [1.82, 2.24) is 5.32 Å². The zero-order chi connectivity index (χ0) is 12.4. The summed E-state index contributed by atoms with van der Waals surface area (Å²) in [7, 11) is 0. The molecule has 0 amide bonds. The van der Waals surface area contributed by atoms with E-state index in [1.807, 2.05) is 0 Å². The van der Waals surface area contributed by atoms with Gasteiger partial charge in [0.15, 0.2) is 0 Å². The molecule has 1 N–H and O–H groups in total. The number of benzene rings is 1. The van der Waals surface area contributed by atoms with Gasteiger partial charge in [0.05, 0.1) is 6.07 Å². The van der Waals surface area contributed by atoms with Gasteiger partial charge in [0, 0.05) is 16.7 Å². The highest BCUT2D eigenvalue weighted by atomic mass is 32.2. The molecular weight excluding hydrogens is 240 g/mol. The zero-order valence-electron chi connectivity index (χ0n) is 10.5. The summed E-state index contributed by atoms with van der Waals surface area (Å²) in [5.74, 6) is 0.853. The van der Waals surface area contributed by atoms with E-state index in [9.17, 15) is 0 Å². The van der Waals surface area contributed by atoms with Gasteiger partial charge in [-0.1, -0.05) is 6.07 Å². The number of hydrogen-bond donors (Lipinski definition) is 1. The molecule has 0 spiro atoms. The van der Waals surface area contributed by atoms with E-state index in [4.69, 9.17) is 5.26 Å². The topological polar surface area (TPSA) is 35.8 Å². The van der Waals surface area contributed by atoms with Crippen molar-refractivity contribution in [2.75, 3.05) is 5.75 Å². The van der Waals surface area contributed by atoms with Crippen molar-refractivity contribution in [2.24, 2.45) is 0 Å². The first-order valence-electron chi connectivity index (χ1n) is 6.75. The van der Waals surface area contributed by atoms with E-state index in [1.165, 1.54) is 48.1 Å². The summed E-state index contributed by atoms with van der Waals surface area (Å²) in [5, 5.41) is 12.5. The van der Waals surface area contributed by atoms with Crippen LogP contribution in [-0.2, 0) is 12.8 Å². The monoisotopic (exact) mass is 258 g/mol. The first-order chi connectivity index (χ1) is 8.85. The van der Waals surface area contributed by atoms with Crippen molar-refractivity contribution >= 4 is 11.8 Å². The summed E-state index contributed by atoms with van der Waals surface area (Å²) >= 11 is 1.80. The quantitative estimate of drug-likeness (QED) is 0.825. The Hall–Kier alpha value is -0.980. The lowest BCUT2D eigenvalue weighted by Gasteiger charge is -2.10. The van der Waals surface area contributed by atoms with Gasteiger partial charge in [-0.15, -0.1) is 11.8 Å². The normalized spacial score (nSPS) is 19.3. The second-order valence-corrected chi connectivity index (χ2v) is 6.31. The maximum absolute atomic E-state index is 9.11. The number of nitriles is 1. The lowest BCUT2D eigenvalue weighted by atomic mass is 10.1. The zero-order valence-corrected chi connectivity index (χ0v) is 11.3. The van der Waals surface area contributed by atoms with Crippen molar-refractivity contribution in [1.29, 1.82) is 5.26 Å². The molecule has 0 heterocycles. The van der Waals surface area contributed by atoms with Crippen LogP contribution >= 0.6 is 11.8 Å². The number of rotatable bonds is 5. The Bertz CT molecular complexity index is 474. The molecule has 2 nitrogen and oxygen atoms in total. The van der Waals surface area contributed by atoms with E-state index in [1.54, 1.807) is 11.8 Å². The lowest BCUT2D eigenvalue weighted by molar-refractivity contribution is 0.644. The van der Waals surface area contributed by atoms with Gasteiger partial charge < -0.3 is 0 Å². The number of aryl methyl sites for hydroxylation is 2. The average molecular weight is 258 g/mol. The van der Waals surface area contributed by atoms with E-state index in [0.29, 0.717) is 6.04 Å². The smallest absolute Gasteiger partial charge is 0.105 e. The molecule has 2 aliphatic carbocycles. The lowest BCUT2D eigenvalue weighted by Crippen LogP contribution is -2.31. The van der Waals surface area contributed by atoms with Gasteiger partial charge >= 0.3 is 0 Å². The Morgan fingerprint density at radius 1 is 1.33 bits per heavy atom. The molecule has 18 heavy (non-hydrogen) atoms. The standard InChI is InChI=1S/C15H18N2S/c16-9-14(17-13-5-6-13)10-18-15-7-4-11-2-1-3-12(11)8-15/h4,7-8,13-14,17H,1-3,5-6,10H2. The Labute approximate surface area is 113 Å². The largest absolute Gasteiger partial charge is 0.298 e. The van der Waals surface area contributed by atoms with Gasteiger partial charge in [-0.05, 0) is 55.4 Å². The summed E-state index contributed by atoms with van der Waals surface area (Å²) in [6.45, 7) is 0. The minimum absolute atomic E-state index is 0.00393. The van der Waals surface area contributed by atoms with Crippen LogP contribution in [0.3, 0.4) is 0 Å². The van der Waals surface area contributed by atoms with Crippen molar-refractivity contribution in [3.63, 3.8) is 0 Å². The van der Waals surface area contributed by atoms with Crippen LogP contribution in [0.5, 0.6) is 0 Å². The summed E-state index contributed by atoms with van der Waals surface area (Å²) in [6.07, 6.45) is 6.24. The fourth-order valence-electron chi connectivity index (χ4n) is 2.47. The van der Waals surface area contributed by atoms with Crippen LogP contribution < -0.4 is 5.32 Å². The number of fused-ring (bicyclic) bond motifs is 1. The van der Waals surface area contributed by atoms with E-state index in [0.717, 1.165) is 5.75 Å². The van der Waals surface area contributed by atoms with Crippen molar-refractivity contribution < 1.29 is 0 Å². The first kappa shape index (κ1) is 12.1. The van der Waals surface area contributed by atoms with Gasteiger partial charge in [-0.3, -0.25) is 5.32 Å². The Morgan fingerprint density at radius 2 is 2.17 bits per heavy atom. The molecule has 3 heteroatoms. The number of nitrogens with one attached hydrogen (secondary N) is 1. The minimum atomic E-state index is -0.00393. The van der Waals surface area contributed by atoms with Crippen molar-refractivity contribution in [2.45, 2.75) is 49.1 Å². The van der Waals surface area contributed by atoms with E-state index in [-0.39, 0.29) is 6.04 Å². The molecule has 0 bridgehead atoms. The summed E-state index contributed by atoms with van der Waals surface area (Å²) in [6, 6.07) is 9.76. The van der Waals surface area contributed by atoms with Gasteiger partial charge in [0.2, 0.25) is 0 Å². The average Bonchev–Trinajstić information content (AvgIpc) is 3.09. The molecule has 94 valence electrons.